The predicted molar refractivity (Wildman–Crippen MR) is 83.5 cm³/mol. The average molecular weight is 296 g/mol. The minimum Gasteiger partial charge on any atom is -0.366 e. The normalized spacial score (nSPS) is 18.8. The van der Waals surface area contributed by atoms with Crippen molar-refractivity contribution in [3.63, 3.8) is 0 Å². The summed E-state index contributed by atoms with van der Waals surface area (Å²) >= 11 is 6.35. The number of piperidine rings is 1. The first-order valence-corrected chi connectivity index (χ1v) is 7.58. The summed E-state index contributed by atoms with van der Waals surface area (Å²) in [5.41, 5.74) is 6.74. The van der Waals surface area contributed by atoms with E-state index in [0.717, 1.165) is 31.7 Å². The number of nitrogens with zero attached hydrogens (tertiary/aromatic N) is 1. The maximum Gasteiger partial charge on any atom is 0.248 e. The maximum absolute atomic E-state index is 11.2. The molecule has 0 aromatic heterocycles. The van der Waals surface area contributed by atoms with Crippen LogP contribution in [0, 0.1) is 0 Å². The molecule has 0 saturated carbocycles. The Kier molecular flexibility index (Phi) is 5.26. The summed E-state index contributed by atoms with van der Waals surface area (Å²) in [6.07, 6.45) is 3.41. The van der Waals surface area contributed by atoms with E-state index in [2.05, 4.69) is 17.1 Å². The van der Waals surface area contributed by atoms with Crippen molar-refractivity contribution in [2.75, 3.05) is 24.5 Å². The van der Waals surface area contributed by atoms with E-state index < -0.39 is 5.91 Å². The van der Waals surface area contributed by atoms with Crippen molar-refractivity contribution in [3.8, 4) is 0 Å². The van der Waals surface area contributed by atoms with Gasteiger partial charge in [0, 0.05) is 24.7 Å². The van der Waals surface area contributed by atoms with Crippen molar-refractivity contribution in [1.29, 1.82) is 0 Å². The zero-order chi connectivity index (χ0) is 14.5. The van der Waals surface area contributed by atoms with E-state index in [1.165, 1.54) is 12.8 Å². The molecule has 0 radical (unpaired) electrons. The number of carbonyl (C=O) groups is 1. The first-order chi connectivity index (χ1) is 9.63. The molecule has 5 heteroatoms. The monoisotopic (exact) mass is 295 g/mol. The third-order valence-corrected chi connectivity index (χ3v) is 4.02. The molecule has 1 aliphatic heterocycles. The van der Waals surface area contributed by atoms with Gasteiger partial charge in [0.1, 0.15) is 0 Å². The van der Waals surface area contributed by atoms with E-state index in [0.29, 0.717) is 16.6 Å². The SMILES string of the molecule is CCCN(c1ccc(C(N)=O)cc1Cl)C1CCCNC1. The number of halogens is 1. The Morgan fingerprint density at radius 2 is 2.35 bits per heavy atom. The zero-order valence-corrected chi connectivity index (χ0v) is 12.6. The second-order valence-electron chi connectivity index (χ2n) is 5.22. The highest BCUT2D eigenvalue weighted by Crippen LogP contribution is 2.30. The Morgan fingerprint density at radius 3 is 2.90 bits per heavy atom. The molecular formula is C15H22ClN3O. The number of nitrogens with one attached hydrogen (secondary N) is 1. The van der Waals surface area contributed by atoms with Gasteiger partial charge in [0.05, 0.1) is 10.7 Å². The highest BCUT2D eigenvalue weighted by Gasteiger charge is 2.22. The fraction of sp³-hybridized carbons (Fsp3) is 0.533. The topological polar surface area (TPSA) is 58.4 Å². The molecule has 1 fully saturated rings. The maximum atomic E-state index is 11.2. The number of rotatable bonds is 5. The third kappa shape index (κ3) is 3.44. The van der Waals surface area contributed by atoms with E-state index >= 15 is 0 Å². The van der Waals surface area contributed by atoms with Gasteiger partial charge in [-0.05, 0) is 44.0 Å². The minimum absolute atomic E-state index is 0.445. The summed E-state index contributed by atoms with van der Waals surface area (Å²) in [6, 6.07) is 5.79. The van der Waals surface area contributed by atoms with E-state index in [1.54, 1.807) is 12.1 Å². The molecule has 0 spiro atoms. The summed E-state index contributed by atoms with van der Waals surface area (Å²) < 4.78 is 0. The molecule has 1 atom stereocenters. The van der Waals surface area contributed by atoms with Crippen LogP contribution in [0.4, 0.5) is 5.69 Å². The lowest BCUT2D eigenvalue weighted by molar-refractivity contribution is 0.100. The minimum atomic E-state index is -0.445. The summed E-state index contributed by atoms with van der Waals surface area (Å²) in [6.45, 7) is 5.19. The van der Waals surface area contributed by atoms with Gasteiger partial charge in [-0.2, -0.15) is 0 Å². The molecule has 20 heavy (non-hydrogen) atoms. The van der Waals surface area contributed by atoms with E-state index in [9.17, 15) is 4.79 Å². The van der Waals surface area contributed by atoms with Gasteiger partial charge in [-0.25, -0.2) is 0 Å². The van der Waals surface area contributed by atoms with Crippen molar-refractivity contribution in [2.24, 2.45) is 5.73 Å². The molecule has 1 aromatic carbocycles. The smallest absolute Gasteiger partial charge is 0.248 e. The van der Waals surface area contributed by atoms with Gasteiger partial charge in [-0.3, -0.25) is 4.79 Å². The Labute approximate surface area is 125 Å². The molecule has 3 N–H and O–H groups in total. The predicted octanol–water partition coefficient (Wildman–Crippen LogP) is 2.41. The van der Waals surface area contributed by atoms with E-state index in [-0.39, 0.29) is 0 Å². The molecule has 1 aromatic rings. The highest BCUT2D eigenvalue weighted by molar-refractivity contribution is 6.33. The van der Waals surface area contributed by atoms with Gasteiger partial charge >= 0.3 is 0 Å². The average Bonchev–Trinajstić information content (AvgIpc) is 2.46. The van der Waals surface area contributed by atoms with Crippen molar-refractivity contribution >= 4 is 23.2 Å². The first kappa shape index (κ1) is 15.1. The van der Waals surface area contributed by atoms with Crippen LogP contribution in [-0.2, 0) is 0 Å². The highest BCUT2D eigenvalue weighted by atomic mass is 35.5. The summed E-state index contributed by atoms with van der Waals surface area (Å²) in [7, 11) is 0. The molecule has 110 valence electrons. The fourth-order valence-electron chi connectivity index (χ4n) is 2.73. The lowest BCUT2D eigenvalue weighted by Gasteiger charge is -2.37. The van der Waals surface area contributed by atoms with Crippen LogP contribution >= 0.6 is 11.6 Å². The Balaban J connectivity index is 2.26. The summed E-state index contributed by atoms with van der Waals surface area (Å²) in [4.78, 5) is 13.5. The number of benzene rings is 1. The number of carbonyl (C=O) groups excluding carboxylic acids is 1. The van der Waals surface area contributed by atoms with Gasteiger partial charge in [0.25, 0.3) is 0 Å². The molecular weight excluding hydrogens is 274 g/mol. The van der Waals surface area contributed by atoms with Crippen LogP contribution in [0.2, 0.25) is 5.02 Å². The lowest BCUT2D eigenvalue weighted by atomic mass is 10.0. The molecule has 1 unspecified atom stereocenters. The van der Waals surface area contributed by atoms with Gasteiger partial charge in [-0.15, -0.1) is 0 Å². The van der Waals surface area contributed by atoms with Crippen LogP contribution in [0.5, 0.6) is 0 Å². The van der Waals surface area contributed by atoms with Crippen LogP contribution in [0.1, 0.15) is 36.5 Å². The number of primary amides is 1. The molecule has 0 aliphatic carbocycles. The second kappa shape index (κ2) is 6.95. The Hall–Kier alpha value is -1.26. The molecule has 4 nitrogen and oxygen atoms in total. The number of amides is 1. The Morgan fingerprint density at radius 1 is 1.55 bits per heavy atom. The molecule has 2 rings (SSSR count). The van der Waals surface area contributed by atoms with Crippen LogP contribution in [0.3, 0.4) is 0 Å². The molecule has 0 bridgehead atoms. The zero-order valence-electron chi connectivity index (χ0n) is 11.9. The standard InChI is InChI=1S/C15H22ClN3O/c1-2-8-19(12-4-3-7-18-10-12)14-6-5-11(15(17)20)9-13(14)16/h5-6,9,12,18H,2-4,7-8,10H2,1H3,(H2,17,20). The van der Waals surface area contributed by atoms with Crippen molar-refractivity contribution in [2.45, 2.75) is 32.2 Å². The third-order valence-electron chi connectivity index (χ3n) is 3.72. The van der Waals surface area contributed by atoms with Gasteiger partial charge in [0.15, 0.2) is 0 Å². The van der Waals surface area contributed by atoms with Crippen molar-refractivity contribution in [3.05, 3.63) is 28.8 Å². The summed E-state index contributed by atoms with van der Waals surface area (Å²) in [5, 5.41) is 4.03. The first-order valence-electron chi connectivity index (χ1n) is 7.20. The van der Waals surface area contributed by atoms with Crippen LogP contribution in [-0.4, -0.2) is 31.6 Å². The van der Waals surface area contributed by atoms with Crippen molar-refractivity contribution < 1.29 is 4.79 Å². The van der Waals surface area contributed by atoms with Gasteiger partial charge in [-0.1, -0.05) is 18.5 Å². The molecule has 1 aliphatic rings. The van der Waals surface area contributed by atoms with Crippen LogP contribution in [0.15, 0.2) is 18.2 Å². The summed E-state index contributed by atoms with van der Waals surface area (Å²) in [5.74, 6) is -0.445. The number of hydrogen-bond acceptors (Lipinski definition) is 3. The van der Waals surface area contributed by atoms with Crippen LogP contribution < -0.4 is 16.0 Å². The molecule has 1 heterocycles. The second-order valence-corrected chi connectivity index (χ2v) is 5.63. The number of hydrogen-bond donors (Lipinski definition) is 2. The quantitative estimate of drug-likeness (QED) is 0.877. The molecule has 1 saturated heterocycles. The lowest BCUT2D eigenvalue weighted by Crippen LogP contribution is -2.46. The van der Waals surface area contributed by atoms with Crippen molar-refractivity contribution in [1.82, 2.24) is 5.32 Å². The van der Waals surface area contributed by atoms with E-state index in [4.69, 9.17) is 17.3 Å². The molecule has 1 amide bonds. The van der Waals surface area contributed by atoms with E-state index in [1.807, 2.05) is 6.07 Å². The van der Waals surface area contributed by atoms with Crippen LogP contribution in [0.25, 0.3) is 0 Å². The van der Waals surface area contributed by atoms with Gasteiger partial charge in [0.2, 0.25) is 5.91 Å². The number of nitrogens with two attached hydrogens (primary N) is 1. The van der Waals surface area contributed by atoms with Gasteiger partial charge < -0.3 is 16.0 Å². The Bertz CT molecular complexity index is 472. The largest absolute Gasteiger partial charge is 0.366 e. The fourth-order valence-corrected chi connectivity index (χ4v) is 3.02. The number of anilines is 1.